The van der Waals surface area contributed by atoms with Gasteiger partial charge in [-0.05, 0) is 22.0 Å². The Balaban J connectivity index is 2.37. The summed E-state index contributed by atoms with van der Waals surface area (Å²) in [5.41, 5.74) is 5.76. The molecular weight excluding hydrogens is 238 g/mol. The number of hydrogen-bond donors (Lipinski definition) is 1. The van der Waals surface area contributed by atoms with E-state index in [2.05, 4.69) is 9.97 Å². The van der Waals surface area contributed by atoms with Crippen LogP contribution in [-0.4, -0.2) is 25.4 Å². The molecule has 0 aromatic carbocycles. The van der Waals surface area contributed by atoms with E-state index >= 15 is 0 Å². The highest BCUT2D eigenvalue weighted by atomic mass is 16.6. The molecule has 0 saturated carbocycles. The van der Waals surface area contributed by atoms with E-state index < -0.39 is 16.6 Å². The number of hydrogen-bond acceptors (Lipinski definition) is 5. The highest BCUT2D eigenvalue weighted by Crippen LogP contribution is 2.12. The SMILES string of the molecule is NC(=O)c1nc([N+](=O)[O-])cn1Cc1ccccn1. The molecule has 2 aromatic rings. The molecule has 0 atom stereocenters. The molecule has 2 heterocycles. The zero-order valence-electron chi connectivity index (χ0n) is 9.18. The van der Waals surface area contributed by atoms with Gasteiger partial charge in [0.15, 0.2) is 0 Å². The van der Waals surface area contributed by atoms with E-state index in [-0.39, 0.29) is 12.4 Å². The van der Waals surface area contributed by atoms with Crippen molar-refractivity contribution < 1.29 is 9.72 Å². The Morgan fingerprint density at radius 1 is 1.50 bits per heavy atom. The molecule has 92 valence electrons. The van der Waals surface area contributed by atoms with Gasteiger partial charge < -0.3 is 15.8 Å². The zero-order valence-corrected chi connectivity index (χ0v) is 9.18. The van der Waals surface area contributed by atoms with Crippen molar-refractivity contribution in [2.24, 2.45) is 5.73 Å². The van der Waals surface area contributed by atoms with Crippen molar-refractivity contribution >= 4 is 11.7 Å². The van der Waals surface area contributed by atoms with Crippen LogP contribution in [-0.2, 0) is 6.54 Å². The number of imidazole rings is 1. The summed E-state index contributed by atoms with van der Waals surface area (Å²) in [5, 5.41) is 10.6. The third kappa shape index (κ3) is 2.32. The molecule has 0 saturated heterocycles. The molecule has 2 rings (SSSR count). The second kappa shape index (κ2) is 4.62. The third-order valence-electron chi connectivity index (χ3n) is 2.23. The van der Waals surface area contributed by atoms with Crippen LogP contribution in [0.2, 0.25) is 0 Å². The fourth-order valence-corrected chi connectivity index (χ4v) is 1.47. The number of amides is 1. The van der Waals surface area contributed by atoms with Crippen LogP contribution in [0.5, 0.6) is 0 Å². The van der Waals surface area contributed by atoms with Gasteiger partial charge in [-0.3, -0.25) is 14.3 Å². The molecule has 2 N–H and O–H groups in total. The van der Waals surface area contributed by atoms with Crippen molar-refractivity contribution in [3.05, 3.63) is 52.2 Å². The normalized spacial score (nSPS) is 10.2. The average molecular weight is 247 g/mol. The van der Waals surface area contributed by atoms with Gasteiger partial charge in [0.1, 0.15) is 6.20 Å². The van der Waals surface area contributed by atoms with Gasteiger partial charge in [0.25, 0.3) is 0 Å². The molecule has 0 aliphatic heterocycles. The third-order valence-corrected chi connectivity index (χ3v) is 2.23. The van der Waals surface area contributed by atoms with E-state index in [0.717, 1.165) is 6.20 Å². The van der Waals surface area contributed by atoms with Gasteiger partial charge in [-0.25, -0.2) is 0 Å². The van der Waals surface area contributed by atoms with E-state index in [1.54, 1.807) is 24.4 Å². The molecule has 0 radical (unpaired) electrons. The molecule has 2 aromatic heterocycles. The average Bonchev–Trinajstić information content (AvgIpc) is 2.74. The maximum Gasteiger partial charge on any atom is 0.382 e. The van der Waals surface area contributed by atoms with Crippen molar-refractivity contribution in [1.29, 1.82) is 0 Å². The molecule has 0 unspecified atom stereocenters. The van der Waals surface area contributed by atoms with Crippen LogP contribution in [0.15, 0.2) is 30.6 Å². The van der Waals surface area contributed by atoms with Crippen LogP contribution in [0.3, 0.4) is 0 Å². The molecular formula is C10H9N5O3. The fraction of sp³-hybridized carbons (Fsp3) is 0.100. The number of carbonyl (C=O) groups excluding carboxylic acids is 1. The Labute approximate surface area is 101 Å². The number of pyridine rings is 1. The standard InChI is InChI=1S/C10H9N5O3/c11-9(16)10-13-8(15(17)18)6-14(10)5-7-3-1-2-4-12-7/h1-4,6H,5H2,(H2,11,16). The first kappa shape index (κ1) is 11.7. The minimum atomic E-state index is -0.820. The number of carbonyl (C=O) groups is 1. The largest absolute Gasteiger partial charge is 0.382 e. The Hall–Kier alpha value is -2.77. The maximum atomic E-state index is 11.1. The van der Waals surface area contributed by atoms with Crippen molar-refractivity contribution in [2.45, 2.75) is 6.54 Å². The minimum absolute atomic E-state index is 0.160. The quantitative estimate of drug-likeness (QED) is 0.617. The number of nitrogens with zero attached hydrogens (tertiary/aromatic N) is 4. The lowest BCUT2D eigenvalue weighted by Crippen LogP contribution is -2.18. The first-order valence-corrected chi connectivity index (χ1v) is 4.99. The van der Waals surface area contributed by atoms with E-state index in [4.69, 9.17) is 5.73 Å². The molecule has 1 amide bonds. The number of primary amides is 1. The van der Waals surface area contributed by atoms with Crippen molar-refractivity contribution in [3.63, 3.8) is 0 Å². The zero-order chi connectivity index (χ0) is 13.1. The Morgan fingerprint density at radius 3 is 2.83 bits per heavy atom. The van der Waals surface area contributed by atoms with Crippen LogP contribution in [0.1, 0.15) is 16.3 Å². The van der Waals surface area contributed by atoms with Gasteiger partial charge in [-0.1, -0.05) is 6.07 Å². The molecule has 0 fully saturated rings. The lowest BCUT2D eigenvalue weighted by molar-refractivity contribution is -0.389. The highest BCUT2D eigenvalue weighted by Gasteiger charge is 2.22. The van der Waals surface area contributed by atoms with Crippen LogP contribution in [0, 0.1) is 10.1 Å². The topological polar surface area (TPSA) is 117 Å². The van der Waals surface area contributed by atoms with Crippen molar-refractivity contribution in [2.75, 3.05) is 0 Å². The van der Waals surface area contributed by atoms with Crippen molar-refractivity contribution in [1.82, 2.24) is 14.5 Å². The summed E-state index contributed by atoms with van der Waals surface area (Å²) in [6.45, 7) is 0.194. The first-order chi connectivity index (χ1) is 8.58. The molecule has 8 nitrogen and oxygen atoms in total. The maximum absolute atomic E-state index is 11.1. The number of aromatic nitrogens is 3. The smallest absolute Gasteiger partial charge is 0.361 e. The monoisotopic (exact) mass is 247 g/mol. The van der Waals surface area contributed by atoms with E-state index in [0.29, 0.717) is 5.69 Å². The molecule has 0 aliphatic rings. The summed E-state index contributed by atoms with van der Waals surface area (Å²) >= 11 is 0. The van der Waals surface area contributed by atoms with Crippen LogP contribution in [0.25, 0.3) is 0 Å². The summed E-state index contributed by atoms with van der Waals surface area (Å²) in [6.07, 6.45) is 2.75. The Kier molecular flexibility index (Phi) is 3.00. The summed E-state index contributed by atoms with van der Waals surface area (Å²) < 4.78 is 1.31. The molecule has 0 bridgehead atoms. The highest BCUT2D eigenvalue weighted by molar-refractivity contribution is 5.89. The lowest BCUT2D eigenvalue weighted by atomic mass is 10.3. The van der Waals surface area contributed by atoms with Crippen molar-refractivity contribution in [3.8, 4) is 0 Å². The number of nitrogens with two attached hydrogens (primary N) is 1. The van der Waals surface area contributed by atoms with E-state index in [1.165, 1.54) is 4.57 Å². The summed E-state index contributed by atoms with van der Waals surface area (Å²) in [4.78, 5) is 28.7. The van der Waals surface area contributed by atoms with Gasteiger partial charge in [-0.2, -0.15) is 0 Å². The molecule has 0 spiro atoms. The van der Waals surface area contributed by atoms with Gasteiger partial charge in [0, 0.05) is 6.20 Å². The summed E-state index contributed by atoms with van der Waals surface area (Å²) in [5.74, 6) is -1.40. The molecule has 0 aliphatic carbocycles. The predicted molar refractivity (Wildman–Crippen MR) is 60.7 cm³/mol. The fourth-order valence-electron chi connectivity index (χ4n) is 1.47. The predicted octanol–water partition coefficient (Wildman–Crippen LogP) is 0.333. The van der Waals surface area contributed by atoms with Crippen LogP contribution >= 0.6 is 0 Å². The van der Waals surface area contributed by atoms with Gasteiger partial charge in [0.2, 0.25) is 0 Å². The van der Waals surface area contributed by atoms with Gasteiger partial charge in [-0.15, -0.1) is 0 Å². The second-order valence-electron chi connectivity index (χ2n) is 3.49. The van der Waals surface area contributed by atoms with Gasteiger partial charge in [0.05, 0.1) is 12.2 Å². The second-order valence-corrected chi connectivity index (χ2v) is 3.49. The molecule has 8 heteroatoms. The number of rotatable bonds is 4. The van der Waals surface area contributed by atoms with Crippen LogP contribution in [0.4, 0.5) is 5.82 Å². The Morgan fingerprint density at radius 2 is 2.28 bits per heavy atom. The Bertz CT molecular complexity index is 593. The summed E-state index contributed by atoms with van der Waals surface area (Å²) in [7, 11) is 0. The summed E-state index contributed by atoms with van der Waals surface area (Å²) in [6, 6.07) is 5.25. The number of nitro groups is 1. The minimum Gasteiger partial charge on any atom is -0.361 e. The van der Waals surface area contributed by atoms with Gasteiger partial charge >= 0.3 is 17.5 Å². The van der Waals surface area contributed by atoms with E-state index in [9.17, 15) is 14.9 Å². The lowest BCUT2D eigenvalue weighted by Gasteiger charge is -2.01. The molecule has 18 heavy (non-hydrogen) atoms. The van der Waals surface area contributed by atoms with E-state index in [1.807, 2.05) is 0 Å². The van der Waals surface area contributed by atoms with Crippen LogP contribution < -0.4 is 5.73 Å². The first-order valence-electron chi connectivity index (χ1n) is 4.99.